The van der Waals surface area contributed by atoms with Gasteiger partial charge in [0.15, 0.2) is 0 Å². The molecule has 0 aromatic carbocycles. The summed E-state index contributed by atoms with van der Waals surface area (Å²) >= 11 is 0. The van der Waals surface area contributed by atoms with E-state index in [9.17, 15) is 0 Å². The molecule has 0 spiro atoms. The van der Waals surface area contributed by atoms with Crippen molar-refractivity contribution in [2.24, 2.45) is 0 Å². The average molecular weight is 196 g/mol. The number of carbonyl (C=O) groups is 2. The van der Waals surface area contributed by atoms with Crippen LogP contribution in [0.3, 0.4) is 0 Å². The van der Waals surface area contributed by atoms with Crippen LogP contribution in [0.15, 0.2) is 0 Å². The van der Waals surface area contributed by atoms with E-state index in [-0.39, 0.29) is 51.0 Å². The minimum atomic E-state index is -0.500. The van der Waals surface area contributed by atoms with Crippen LogP contribution in [0.1, 0.15) is 0 Å². The molecule has 0 heterocycles. The van der Waals surface area contributed by atoms with Crippen LogP contribution in [-0.2, 0) is 9.59 Å². The third-order valence-electron chi connectivity index (χ3n) is 0. The van der Waals surface area contributed by atoms with E-state index < -0.39 is 12.9 Å². The average Bonchev–Trinajstić information content (AvgIpc) is 1.39. The van der Waals surface area contributed by atoms with E-state index in [1.54, 1.807) is 0 Å². The van der Waals surface area contributed by atoms with Crippen LogP contribution in [0, 0.1) is 0 Å². The van der Waals surface area contributed by atoms with Gasteiger partial charge in [0.1, 0.15) is 0 Å². The molecule has 0 bridgehead atoms. The predicted molar refractivity (Wildman–Crippen MR) is 21.5 cm³/mol. The van der Waals surface area contributed by atoms with E-state index in [1.807, 2.05) is 0 Å². The first-order chi connectivity index (χ1) is 2.83. The zero-order valence-electron chi connectivity index (χ0n) is 3.99. The Morgan fingerprint density at radius 2 is 1.00 bits per heavy atom. The summed E-state index contributed by atoms with van der Waals surface area (Å²) in [5, 5.41) is 16.5. The van der Waals surface area contributed by atoms with Gasteiger partial charge >= 0.3 is 45.5 Å². The number of carbonyl (C=O) groups excluding carboxylic acids is 2. The first-order valence-corrected chi connectivity index (χ1v) is 0.943. The summed E-state index contributed by atoms with van der Waals surface area (Å²) in [4.78, 5) is 16.5. The van der Waals surface area contributed by atoms with Crippen molar-refractivity contribution < 1.29 is 25.3 Å². The molecule has 0 fully saturated rings. The summed E-state index contributed by atoms with van der Waals surface area (Å²) < 4.78 is 0. The monoisotopic (exact) mass is 196 g/mol. The second-order valence-corrected chi connectivity index (χ2v) is 0.192. The molecule has 0 rings (SSSR count). The molecular formula is C2H4O5Sr. The maximum atomic E-state index is 8.25. The molecule has 5 nitrogen and oxygen atoms in total. The fraction of sp³-hybridized carbons (Fsp3) is 0. The summed E-state index contributed by atoms with van der Waals surface area (Å²) in [7, 11) is 0. The molecule has 0 aromatic heterocycles. The van der Waals surface area contributed by atoms with Gasteiger partial charge in [0.25, 0.3) is 0 Å². The van der Waals surface area contributed by atoms with Crippen molar-refractivity contribution >= 4 is 58.4 Å². The van der Waals surface area contributed by atoms with Crippen molar-refractivity contribution in [3.63, 3.8) is 0 Å². The number of carboxylic acid groups (broad SMARTS) is 2. The van der Waals surface area contributed by atoms with Gasteiger partial charge in [-0.2, -0.15) is 0 Å². The van der Waals surface area contributed by atoms with Gasteiger partial charge in [-0.1, -0.05) is 0 Å². The molecule has 0 aromatic rings. The first-order valence-electron chi connectivity index (χ1n) is 0.943. The Kier molecular flexibility index (Phi) is 158. The molecule has 44 valence electrons. The van der Waals surface area contributed by atoms with E-state index >= 15 is 0 Å². The minimum Gasteiger partial charge on any atom is -0.554 e. The summed E-state index contributed by atoms with van der Waals surface area (Å²) in [6, 6.07) is 0. The van der Waals surface area contributed by atoms with Crippen LogP contribution >= 0.6 is 0 Å². The molecule has 0 unspecified atom stereocenters. The molecule has 0 aliphatic heterocycles. The quantitative estimate of drug-likeness (QED) is 0.287. The topological polar surface area (TPSA) is 112 Å². The van der Waals surface area contributed by atoms with Crippen LogP contribution in [0.4, 0.5) is 0 Å². The molecule has 0 saturated carbocycles. The van der Waals surface area contributed by atoms with Crippen molar-refractivity contribution in [1.29, 1.82) is 0 Å². The molecule has 0 saturated heterocycles. The Labute approximate surface area is 82.9 Å². The van der Waals surface area contributed by atoms with Gasteiger partial charge in [0.05, 0.1) is 0 Å². The molecule has 0 radical (unpaired) electrons. The largest absolute Gasteiger partial charge is 2.00 e. The normalized spacial score (nSPS) is 3.00. The zero-order valence-corrected chi connectivity index (χ0v) is 7.47. The molecule has 0 aliphatic carbocycles. The number of hydrogen-bond acceptors (Lipinski definition) is 4. The molecule has 8 heavy (non-hydrogen) atoms. The van der Waals surface area contributed by atoms with Crippen molar-refractivity contribution in [3.05, 3.63) is 0 Å². The van der Waals surface area contributed by atoms with Crippen LogP contribution < -0.4 is 10.2 Å². The maximum absolute atomic E-state index is 8.25. The summed E-state index contributed by atoms with van der Waals surface area (Å²) in [6.07, 6.45) is 0. The Balaban J connectivity index is -0.0000000160. The van der Waals surface area contributed by atoms with Crippen LogP contribution in [0.2, 0.25) is 0 Å². The molecule has 6 heteroatoms. The predicted octanol–water partition coefficient (Wildman–Crippen LogP) is -4.47. The maximum Gasteiger partial charge on any atom is 2.00 e. The Morgan fingerprint density at radius 1 is 1.00 bits per heavy atom. The van der Waals surface area contributed by atoms with Gasteiger partial charge in [-0.05, 0) is 0 Å². The van der Waals surface area contributed by atoms with Gasteiger partial charge in [-0.3, -0.25) is 0 Å². The van der Waals surface area contributed by atoms with Crippen molar-refractivity contribution in [3.8, 4) is 0 Å². The number of hydrogen-bond donors (Lipinski definition) is 0. The first kappa shape index (κ1) is 23.8. The third-order valence-corrected chi connectivity index (χ3v) is 0. The SMILES string of the molecule is O.O=C[O-].O=C[O-].[Sr+2]. The van der Waals surface area contributed by atoms with Crippen LogP contribution in [0.25, 0.3) is 0 Å². The standard InChI is InChI=1S/2CH2O2.H2O.Sr/c2*2-1-3;;/h2*1H,(H,2,3);1H2;/q;;;+2/p-2. The minimum absolute atomic E-state index is 0. The van der Waals surface area contributed by atoms with Crippen molar-refractivity contribution in [2.45, 2.75) is 0 Å². The molecule has 2 N–H and O–H groups in total. The second-order valence-electron chi connectivity index (χ2n) is 0.192. The Morgan fingerprint density at radius 3 is 1.00 bits per heavy atom. The van der Waals surface area contributed by atoms with Crippen molar-refractivity contribution in [1.82, 2.24) is 0 Å². The van der Waals surface area contributed by atoms with Crippen LogP contribution in [0.5, 0.6) is 0 Å². The molecule has 0 amide bonds. The fourth-order valence-electron chi connectivity index (χ4n) is 0. The number of rotatable bonds is 0. The van der Waals surface area contributed by atoms with E-state index in [2.05, 4.69) is 0 Å². The summed E-state index contributed by atoms with van der Waals surface area (Å²) in [5.74, 6) is 0. The van der Waals surface area contributed by atoms with Gasteiger partial charge in [0, 0.05) is 12.9 Å². The zero-order chi connectivity index (χ0) is 5.41. The van der Waals surface area contributed by atoms with Gasteiger partial charge < -0.3 is 25.3 Å². The Hall–Kier alpha value is 0.381. The second kappa shape index (κ2) is 53.0. The third kappa shape index (κ3) is 1280. The van der Waals surface area contributed by atoms with E-state index in [0.29, 0.717) is 0 Å². The van der Waals surface area contributed by atoms with Gasteiger partial charge in [-0.25, -0.2) is 0 Å². The van der Waals surface area contributed by atoms with E-state index in [0.717, 1.165) is 0 Å². The van der Waals surface area contributed by atoms with E-state index in [1.165, 1.54) is 0 Å². The summed E-state index contributed by atoms with van der Waals surface area (Å²) in [6.45, 7) is -1.00. The van der Waals surface area contributed by atoms with Gasteiger partial charge in [-0.15, -0.1) is 0 Å². The Bertz CT molecular complexity index is 31.4. The van der Waals surface area contributed by atoms with Crippen LogP contribution in [-0.4, -0.2) is 63.9 Å². The van der Waals surface area contributed by atoms with E-state index in [4.69, 9.17) is 19.8 Å². The van der Waals surface area contributed by atoms with Crippen molar-refractivity contribution in [2.75, 3.05) is 0 Å². The molecule has 0 aliphatic rings. The molecular weight excluding hydrogens is 192 g/mol. The fourth-order valence-corrected chi connectivity index (χ4v) is 0. The smallest absolute Gasteiger partial charge is 0.554 e. The molecule has 0 atom stereocenters. The van der Waals surface area contributed by atoms with Gasteiger partial charge in [0.2, 0.25) is 0 Å². The summed E-state index contributed by atoms with van der Waals surface area (Å²) in [5.41, 5.74) is 0.